The van der Waals surface area contributed by atoms with Crippen LogP contribution in [-0.4, -0.2) is 28.8 Å². The molecule has 7 aromatic carbocycles. The van der Waals surface area contributed by atoms with Crippen molar-refractivity contribution in [2.75, 3.05) is 0 Å². The van der Waals surface area contributed by atoms with Crippen molar-refractivity contribution in [2.24, 2.45) is 0 Å². The topological polar surface area (TPSA) is 60.8 Å². The molecule has 0 unspecified atom stereocenters. The third-order valence-electron chi connectivity index (χ3n) is 14.8. The van der Waals surface area contributed by atoms with Crippen molar-refractivity contribution in [2.45, 2.75) is 131 Å². The molecule has 6 nitrogen and oxygen atoms in total. The van der Waals surface area contributed by atoms with E-state index in [1.165, 1.54) is 16.7 Å². The molecule has 6 heteroatoms. The summed E-state index contributed by atoms with van der Waals surface area (Å²) < 4.78 is 6.93. The summed E-state index contributed by atoms with van der Waals surface area (Å²) in [6.07, 6.45) is 4.01. The molecule has 10 aromatic rings. The molecule has 0 aliphatic heterocycles. The molecule has 0 bridgehead atoms. The Kier molecular flexibility index (Phi) is 12.1. The lowest BCUT2D eigenvalue weighted by molar-refractivity contribution is 0.446. The van der Waals surface area contributed by atoms with Crippen molar-refractivity contribution in [3.05, 3.63) is 192 Å². The average Bonchev–Trinajstić information content (AvgIpc) is 4.07. The standard InChI is InChI=1S/C68H73N5O/c1-64(2,3)46-30-32-56(52(39-46)43-24-18-16-19-25-43)71-35-34-69-61(71)45-36-48(66(7,8)9)38-50(37-45)72-57-29-23-22-28-51(57)59-63(72)70-62(54-41-49(67(10,11)12)42-55(60(54)74)68(13,14)15)73(59)58-33-31-47(65(4,5)6)40-53(58)44-26-20-17-21-27-44/h16-42,74H,1-15H3. The van der Waals surface area contributed by atoms with Gasteiger partial charge in [-0.05, 0) is 115 Å². The lowest BCUT2D eigenvalue weighted by atomic mass is 9.79. The summed E-state index contributed by atoms with van der Waals surface area (Å²) in [7, 11) is 0. The quantitative estimate of drug-likeness (QED) is 0.173. The van der Waals surface area contributed by atoms with E-state index >= 15 is 0 Å². The number of hydrogen-bond acceptors (Lipinski definition) is 3. The monoisotopic (exact) mass is 976 g/mol. The van der Waals surface area contributed by atoms with Crippen molar-refractivity contribution >= 4 is 22.1 Å². The van der Waals surface area contributed by atoms with Gasteiger partial charge in [0.1, 0.15) is 17.1 Å². The van der Waals surface area contributed by atoms with Gasteiger partial charge < -0.3 is 5.11 Å². The maximum absolute atomic E-state index is 12.8. The Bertz CT molecular complexity index is 3730. The van der Waals surface area contributed by atoms with Gasteiger partial charge in [-0.3, -0.25) is 13.7 Å². The van der Waals surface area contributed by atoms with Crippen LogP contribution in [0.15, 0.2) is 164 Å². The van der Waals surface area contributed by atoms with E-state index in [4.69, 9.17) is 9.97 Å². The molecule has 0 aliphatic carbocycles. The average molecular weight is 976 g/mol. The predicted octanol–water partition coefficient (Wildman–Crippen LogP) is 18.0. The summed E-state index contributed by atoms with van der Waals surface area (Å²) in [4.78, 5) is 11.0. The highest BCUT2D eigenvalue weighted by Gasteiger charge is 2.32. The second-order valence-electron chi connectivity index (χ2n) is 25.6. The van der Waals surface area contributed by atoms with Crippen LogP contribution in [0.5, 0.6) is 5.75 Å². The molecule has 0 radical (unpaired) electrons. The number of imidazole rings is 2. The summed E-state index contributed by atoms with van der Waals surface area (Å²) in [5.41, 5.74) is 16.8. The van der Waals surface area contributed by atoms with Gasteiger partial charge in [0.2, 0.25) is 0 Å². The van der Waals surface area contributed by atoms with E-state index in [2.05, 4.69) is 275 Å². The largest absolute Gasteiger partial charge is 0.507 e. The molecule has 0 saturated heterocycles. The molecule has 376 valence electrons. The molecule has 74 heavy (non-hydrogen) atoms. The highest BCUT2D eigenvalue weighted by molar-refractivity contribution is 6.09. The number of rotatable bonds is 7. The number of phenolic OH excluding ortho intramolecular Hbond substituents is 1. The molecule has 0 fully saturated rings. The van der Waals surface area contributed by atoms with Gasteiger partial charge in [-0.2, -0.15) is 0 Å². The second kappa shape index (κ2) is 17.9. The zero-order chi connectivity index (χ0) is 52.9. The lowest BCUT2D eigenvalue weighted by Gasteiger charge is -2.28. The first-order valence-electron chi connectivity index (χ1n) is 26.3. The van der Waals surface area contributed by atoms with E-state index in [0.29, 0.717) is 11.4 Å². The summed E-state index contributed by atoms with van der Waals surface area (Å²) in [6.45, 7) is 33.7. The summed E-state index contributed by atoms with van der Waals surface area (Å²) >= 11 is 0. The smallest absolute Gasteiger partial charge is 0.165 e. The van der Waals surface area contributed by atoms with Crippen LogP contribution in [0.1, 0.15) is 132 Å². The Balaban J connectivity index is 1.31. The molecule has 3 aromatic heterocycles. The molecule has 0 atom stereocenters. The van der Waals surface area contributed by atoms with Crippen molar-refractivity contribution in [1.82, 2.24) is 23.7 Å². The first-order chi connectivity index (χ1) is 34.8. The second-order valence-corrected chi connectivity index (χ2v) is 25.6. The number of nitrogens with zero attached hydrogens (tertiary/aromatic N) is 5. The summed E-state index contributed by atoms with van der Waals surface area (Å²) in [5, 5.41) is 13.9. The fourth-order valence-electron chi connectivity index (χ4n) is 10.4. The van der Waals surface area contributed by atoms with Gasteiger partial charge in [-0.15, -0.1) is 0 Å². The SMILES string of the molecule is CC(C)(C)c1cc(-c2nccn2-c2ccc(C(C)(C)C)cc2-c2ccccc2)cc(-n2c3ccccc3c3c2nc(-c2cc(C(C)(C)C)cc(C(C)(C)C)c2O)n3-c2ccc(C(C)(C)C)cc2-c2ccccc2)c1. The fourth-order valence-corrected chi connectivity index (χ4v) is 10.4. The minimum Gasteiger partial charge on any atom is -0.507 e. The van der Waals surface area contributed by atoms with Gasteiger partial charge in [0.05, 0.1) is 22.5 Å². The maximum Gasteiger partial charge on any atom is 0.165 e. The molecule has 0 amide bonds. The van der Waals surface area contributed by atoms with Gasteiger partial charge in [-0.25, -0.2) is 9.97 Å². The van der Waals surface area contributed by atoms with Crippen LogP contribution in [0, 0.1) is 0 Å². The molecular weight excluding hydrogens is 903 g/mol. The minimum atomic E-state index is -0.353. The van der Waals surface area contributed by atoms with Gasteiger partial charge in [0.25, 0.3) is 0 Å². The zero-order valence-corrected chi connectivity index (χ0v) is 46.3. The van der Waals surface area contributed by atoms with Gasteiger partial charge in [0.15, 0.2) is 11.5 Å². The molecule has 3 heterocycles. The Labute approximate surface area is 439 Å². The number of fused-ring (bicyclic) bond motifs is 3. The molecule has 0 spiro atoms. The van der Waals surface area contributed by atoms with Gasteiger partial charge in [-0.1, -0.05) is 201 Å². The predicted molar refractivity (Wildman–Crippen MR) is 312 cm³/mol. The highest BCUT2D eigenvalue weighted by atomic mass is 16.3. The number of aromatic nitrogens is 5. The Morgan fingerprint density at radius 3 is 1.50 bits per heavy atom. The van der Waals surface area contributed by atoms with E-state index in [1.54, 1.807) is 0 Å². The van der Waals surface area contributed by atoms with Crippen LogP contribution in [0.4, 0.5) is 0 Å². The van der Waals surface area contributed by atoms with E-state index in [0.717, 1.165) is 83.9 Å². The third kappa shape index (κ3) is 9.07. The molecule has 1 N–H and O–H groups in total. The van der Waals surface area contributed by atoms with Crippen LogP contribution in [0.25, 0.3) is 84.2 Å². The van der Waals surface area contributed by atoms with Crippen LogP contribution >= 0.6 is 0 Å². The normalized spacial score (nSPS) is 12.9. The highest BCUT2D eigenvalue weighted by Crippen LogP contribution is 2.47. The third-order valence-corrected chi connectivity index (χ3v) is 14.8. The van der Waals surface area contributed by atoms with E-state index in [1.807, 2.05) is 6.20 Å². The lowest BCUT2D eigenvalue weighted by Crippen LogP contribution is -2.17. The summed E-state index contributed by atoms with van der Waals surface area (Å²) in [6, 6.07) is 55.1. The molecule has 0 aliphatic rings. The van der Waals surface area contributed by atoms with Crippen molar-refractivity contribution in [3.63, 3.8) is 0 Å². The van der Waals surface area contributed by atoms with Crippen LogP contribution < -0.4 is 0 Å². The van der Waals surface area contributed by atoms with Crippen LogP contribution in [0.2, 0.25) is 0 Å². The number of para-hydroxylation sites is 1. The Morgan fingerprint density at radius 2 is 0.932 bits per heavy atom. The molecule has 0 saturated carbocycles. The van der Waals surface area contributed by atoms with Crippen molar-refractivity contribution in [1.29, 1.82) is 0 Å². The zero-order valence-electron chi connectivity index (χ0n) is 46.3. The van der Waals surface area contributed by atoms with Gasteiger partial charge >= 0.3 is 0 Å². The fraction of sp³-hybridized carbons (Fsp3) is 0.294. The minimum absolute atomic E-state index is 0.0322. The van der Waals surface area contributed by atoms with Gasteiger partial charge in [0, 0.05) is 45.7 Å². The summed E-state index contributed by atoms with van der Waals surface area (Å²) in [5.74, 6) is 1.78. The molecular formula is C68H73N5O. The Morgan fingerprint density at radius 1 is 0.419 bits per heavy atom. The van der Waals surface area contributed by atoms with E-state index in [9.17, 15) is 5.11 Å². The first kappa shape index (κ1) is 50.1. The van der Waals surface area contributed by atoms with E-state index < -0.39 is 0 Å². The Hall–Kier alpha value is -7.44. The van der Waals surface area contributed by atoms with Crippen molar-refractivity contribution in [3.8, 4) is 67.8 Å². The van der Waals surface area contributed by atoms with E-state index in [-0.39, 0.29) is 32.8 Å². The first-order valence-corrected chi connectivity index (χ1v) is 26.3. The van der Waals surface area contributed by atoms with Crippen LogP contribution in [0.3, 0.4) is 0 Å². The number of phenols is 1. The maximum atomic E-state index is 12.8. The van der Waals surface area contributed by atoms with Crippen molar-refractivity contribution < 1.29 is 5.11 Å². The number of aromatic hydroxyl groups is 1. The molecule has 10 rings (SSSR count). The van der Waals surface area contributed by atoms with Crippen LogP contribution in [-0.2, 0) is 27.1 Å². The number of benzene rings is 7. The number of hydrogen-bond donors (Lipinski definition) is 1.